The molecular weight excluding hydrogens is 228 g/mol. The van der Waals surface area contributed by atoms with Gasteiger partial charge in [0, 0.05) is 35.2 Å². The zero-order chi connectivity index (χ0) is 12.7. The molecule has 0 saturated heterocycles. The zero-order valence-electron chi connectivity index (χ0n) is 10.8. The lowest BCUT2D eigenvalue weighted by Gasteiger charge is -2.25. The first-order chi connectivity index (χ1) is 8.70. The van der Waals surface area contributed by atoms with Crippen LogP contribution in [-0.4, -0.2) is 26.0 Å². The number of fused-ring (bicyclic) bond motifs is 1. The van der Waals surface area contributed by atoms with Crippen LogP contribution in [0.4, 0.5) is 5.69 Å². The Morgan fingerprint density at radius 1 is 1.33 bits per heavy atom. The van der Waals surface area contributed by atoms with Crippen LogP contribution in [0.15, 0.2) is 22.8 Å². The number of nitrogens with one attached hydrogen (secondary N) is 1. The summed E-state index contributed by atoms with van der Waals surface area (Å²) >= 11 is 0. The van der Waals surface area contributed by atoms with Gasteiger partial charge in [0.2, 0.25) is 0 Å². The number of benzene rings is 1. The van der Waals surface area contributed by atoms with E-state index in [1.165, 1.54) is 5.57 Å². The SMILES string of the molecule is COc1cc2c(cc1C1=C(C)N=C1C)OCCN2. The molecule has 0 saturated carbocycles. The summed E-state index contributed by atoms with van der Waals surface area (Å²) < 4.78 is 11.2. The summed E-state index contributed by atoms with van der Waals surface area (Å²) in [7, 11) is 1.69. The van der Waals surface area contributed by atoms with Gasteiger partial charge in [-0.3, -0.25) is 4.99 Å². The quantitative estimate of drug-likeness (QED) is 0.869. The zero-order valence-corrected chi connectivity index (χ0v) is 10.8. The summed E-state index contributed by atoms with van der Waals surface area (Å²) in [5, 5.41) is 3.31. The Hall–Kier alpha value is -1.97. The summed E-state index contributed by atoms with van der Waals surface area (Å²) in [6.07, 6.45) is 0. The first-order valence-corrected chi connectivity index (χ1v) is 6.06. The second-order valence-corrected chi connectivity index (χ2v) is 4.48. The Balaban J connectivity index is 2.11. The molecule has 0 amide bonds. The molecule has 0 unspecified atom stereocenters. The normalized spacial score (nSPS) is 17.2. The van der Waals surface area contributed by atoms with E-state index >= 15 is 0 Å². The largest absolute Gasteiger partial charge is 0.496 e. The molecule has 0 aromatic heterocycles. The molecule has 0 radical (unpaired) electrons. The predicted molar refractivity (Wildman–Crippen MR) is 72.7 cm³/mol. The minimum Gasteiger partial charge on any atom is -0.496 e. The van der Waals surface area contributed by atoms with Gasteiger partial charge in [-0.1, -0.05) is 0 Å². The van der Waals surface area contributed by atoms with Crippen LogP contribution in [0.1, 0.15) is 19.4 Å². The van der Waals surface area contributed by atoms with E-state index < -0.39 is 0 Å². The van der Waals surface area contributed by atoms with Gasteiger partial charge in [-0.2, -0.15) is 0 Å². The lowest BCUT2D eigenvalue weighted by molar-refractivity contribution is 0.322. The molecule has 2 aliphatic heterocycles. The van der Waals surface area contributed by atoms with Crippen LogP contribution in [-0.2, 0) is 0 Å². The van der Waals surface area contributed by atoms with Gasteiger partial charge >= 0.3 is 0 Å². The molecule has 2 aliphatic rings. The fourth-order valence-electron chi connectivity index (χ4n) is 2.49. The lowest BCUT2D eigenvalue weighted by Crippen LogP contribution is -2.19. The van der Waals surface area contributed by atoms with Crippen LogP contribution >= 0.6 is 0 Å². The van der Waals surface area contributed by atoms with Crippen LogP contribution in [0.2, 0.25) is 0 Å². The van der Waals surface area contributed by atoms with Crippen molar-refractivity contribution in [2.75, 3.05) is 25.6 Å². The summed E-state index contributed by atoms with van der Waals surface area (Å²) in [4.78, 5) is 4.35. The van der Waals surface area contributed by atoms with Gasteiger partial charge in [0.05, 0.1) is 12.8 Å². The Kier molecular flexibility index (Phi) is 2.51. The highest BCUT2D eigenvalue weighted by molar-refractivity contribution is 6.29. The fraction of sp³-hybridized carbons (Fsp3) is 0.357. The van der Waals surface area contributed by atoms with Gasteiger partial charge in [0.25, 0.3) is 0 Å². The summed E-state index contributed by atoms with van der Waals surface area (Å²) in [6, 6.07) is 4.03. The number of methoxy groups -OCH3 is 1. The summed E-state index contributed by atoms with van der Waals surface area (Å²) in [5.41, 5.74) is 5.33. The number of aliphatic imine (C=N–C) groups is 1. The first-order valence-electron chi connectivity index (χ1n) is 6.06. The maximum Gasteiger partial charge on any atom is 0.143 e. The maximum atomic E-state index is 5.67. The molecule has 94 valence electrons. The molecule has 0 atom stereocenters. The smallest absolute Gasteiger partial charge is 0.143 e. The molecule has 18 heavy (non-hydrogen) atoms. The highest BCUT2D eigenvalue weighted by Gasteiger charge is 2.23. The third kappa shape index (κ3) is 1.56. The standard InChI is InChI=1S/C14H16N2O2/c1-8-14(9(2)16-8)10-6-13-11(7-12(10)17-3)15-4-5-18-13/h6-7,15H,4-5H2,1-3H3. The van der Waals surface area contributed by atoms with Crippen molar-refractivity contribution >= 4 is 17.0 Å². The average molecular weight is 244 g/mol. The van der Waals surface area contributed by atoms with Gasteiger partial charge in [-0.25, -0.2) is 0 Å². The van der Waals surface area contributed by atoms with E-state index in [4.69, 9.17) is 9.47 Å². The van der Waals surface area contributed by atoms with E-state index in [1.54, 1.807) is 7.11 Å². The van der Waals surface area contributed by atoms with Crippen molar-refractivity contribution in [3.05, 3.63) is 23.4 Å². The average Bonchev–Trinajstić information content (AvgIpc) is 2.37. The predicted octanol–water partition coefficient (Wildman–Crippen LogP) is 2.71. The van der Waals surface area contributed by atoms with Crippen LogP contribution < -0.4 is 14.8 Å². The monoisotopic (exact) mass is 244 g/mol. The van der Waals surface area contributed by atoms with Crippen molar-refractivity contribution in [3.63, 3.8) is 0 Å². The highest BCUT2D eigenvalue weighted by atomic mass is 16.5. The van der Waals surface area contributed by atoms with Crippen LogP contribution in [0.3, 0.4) is 0 Å². The lowest BCUT2D eigenvalue weighted by atomic mass is 9.94. The van der Waals surface area contributed by atoms with E-state index in [1.807, 2.05) is 26.0 Å². The van der Waals surface area contributed by atoms with E-state index in [0.29, 0.717) is 6.61 Å². The first kappa shape index (κ1) is 11.1. The topological polar surface area (TPSA) is 42.9 Å². The van der Waals surface area contributed by atoms with Crippen molar-refractivity contribution in [3.8, 4) is 11.5 Å². The van der Waals surface area contributed by atoms with Crippen molar-refractivity contribution in [2.45, 2.75) is 13.8 Å². The molecule has 1 N–H and O–H groups in total. The number of hydrogen-bond acceptors (Lipinski definition) is 4. The van der Waals surface area contributed by atoms with E-state index in [0.717, 1.165) is 40.7 Å². The second kappa shape index (κ2) is 4.05. The van der Waals surface area contributed by atoms with Gasteiger partial charge < -0.3 is 14.8 Å². The van der Waals surface area contributed by atoms with E-state index in [-0.39, 0.29) is 0 Å². The molecule has 4 nitrogen and oxygen atoms in total. The van der Waals surface area contributed by atoms with Gasteiger partial charge in [-0.15, -0.1) is 0 Å². The van der Waals surface area contributed by atoms with Crippen LogP contribution in [0, 0.1) is 0 Å². The molecule has 1 aromatic carbocycles. The molecule has 0 spiro atoms. The third-order valence-electron chi connectivity index (χ3n) is 3.31. The third-order valence-corrected chi connectivity index (χ3v) is 3.31. The van der Waals surface area contributed by atoms with Crippen molar-refractivity contribution in [1.82, 2.24) is 0 Å². The number of hydrogen-bond donors (Lipinski definition) is 1. The summed E-state index contributed by atoms with van der Waals surface area (Å²) in [5.74, 6) is 1.74. The molecule has 0 bridgehead atoms. The highest BCUT2D eigenvalue weighted by Crippen LogP contribution is 2.41. The van der Waals surface area contributed by atoms with E-state index in [9.17, 15) is 0 Å². The summed E-state index contributed by atoms with van der Waals surface area (Å²) in [6.45, 7) is 5.56. The molecule has 0 fully saturated rings. The van der Waals surface area contributed by atoms with E-state index in [2.05, 4.69) is 10.3 Å². The fourth-order valence-corrected chi connectivity index (χ4v) is 2.49. The Bertz CT molecular complexity index is 573. The minimum absolute atomic E-state index is 0.698. The molecular formula is C14H16N2O2. The Labute approximate surface area is 106 Å². The van der Waals surface area contributed by atoms with Crippen molar-refractivity contribution in [2.24, 2.45) is 4.99 Å². The number of allylic oxidation sites excluding steroid dienone is 2. The van der Waals surface area contributed by atoms with Gasteiger partial charge in [0.15, 0.2) is 0 Å². The van der Waals surface area contributed by atoms with Crippen LogP contribution in [0.25, 0.3) is 5.57 Å². The van der Waals surface area contributed by atoms with Gasteiger partial charge in [-0.05, 0) is 19.9 Å². The van der Waals surface area contributed by atoms with Crippen molar-refractivity contribution < 1.29 is 9.47 Å². The number of ether oxygens (including phenoxy) is 2. The van der Waals surface area contributed by atoms with Crippen LogP contribution in [0.5, 0.6) is 11.5 Å². The molecule has 4 heteroatoms. The van der Waals surface area contributed by atoms with Gasteiger partial charge in [0.1, 0.15) is 18.1 Å². The molecule has 3 rings (SSSR count). The molecule has 1 aromatic rings. The van der Waals surface area contributed by atoms with Crippen molar-refractivity contribution in [1.29, 1.82) is 0 Å². The second-order valence-electron chi connectivity index (χ2n) is 4.48. The minimum atomic E-state index is 0.698. The number of rotatable bonds is 2. The Morgan fingerprint density at radius 2 is 2.17 bits per heavy atom. The molecule has 2 heterocycles. The Morgan fingerprint density at radius 3 is 2.83 bits per heavy atom. The number of nitrogens with zero attached hydrogens (tertiary/aromatic N) is 1. The molecule has 0 aliphatic carbocycles. The maximum absolute atomic E-state index is 5.67. The number of anilines is 1.